The van der Waals surface area contributed by atoms with Gasteiger partial charge in [0.2, 0.25) is 5.91 Å². The predicted molar refractivity (Wildman–Crippen MR) is 135 cm³/mol. The van der Waals surface area contributed by atoms with E-state index >= 15 is 0 Å². The highest BCUT2D eigenvalue weighted by atomic mass is 35.5. The molecule has 0 atom stereocenters. The van der Waals surface area contributed by atoms with Crippen molar-refractivity contribution in [3.8, 4) is 11.5 Å². The largest absolute Gasteiger partial charge is 0.486 e. The van der Waals surface area contributed by atoms with Gasteiger partial charge in [-0.05, 0) is 24.3 Å². The molecule has 1 N–H and O–H groups in total. The number of benzene rings is 2. The number of ether oxygens (including phenoxy) is 3. The molecule has 11 heteroatoms. The molecule has 1 aromatic heterocycles. The van der Waals surface area contributed by atoms with E-state index in [4.69, 9.17) is 37.4 Å². The molecule has 2 saturated heterocycles. The molecule has 188 valence electrons. The minimum atomic E-state index is -0.682. The van der Waals surface area contributed by atoms with Gasteiger partial charge in [-0.2, -0.15) is 0 Å². The van der Waals surface area contributed by atoms with Crippen molar-refractivity contribution in [1.29, 1.82) is 0 Å². The van der Waals surface area contributed by atoms with E-state index in [1.165, 1.54) is 24.5 Å². The van der Waals surface area contributed by atoms with Gasteiger partial charge in [0.05, 0.1) is 34.5 Å². The molecule has 0 saturated carbocycles. The van der Waals surface area contributed by atoms with Crippen LogP contribution in [-0.2, 0) is 9.53 Å². The first kappa shape index (κ1) is 24.5. The molecule has 8 nitrogen and oxygen atoms in total. The zero-order chi connectivity index (χ0) is 25.2. The van der Waals surface area contributed by atoms with E-state index in [2.05, 4.69) is 21.9 Å². The number of hydrogen-bond donors (Lipinski definition) is 1. The maximum absolute atomic E-state index is 14.7. The van der Waals surface area contributed by atoms with Crippen LogP contribution in [0, 0.1) is 5.82 Å². The fraction of sp³-hybridized carbons (Fsp3) is 0.320. The van der Waals surface area contributed by atoms with Gasteiger partial charge >= 0.3 is 0 Å². The topological polar surface area (TPSA) is 85.8 Å². The zero-order valence-corrected chi connectivity index (χ0v) is 20.7. The average Bonchev–Trinajstić information content (AvgIpc) is 2.87. The van der Waals surface area contributed by atoms with Crippen LogP contribution in [-0.4, -0.2) is 59.3 Å². The second kappa shape index (κ2) is 10.5. The first-order valence-corrected chi connectivity index (χ1v) is 12.2. The molecule has 0 bridgehead atoms. The van der Waals surface area contributed by atoms with Crippen LogP contribution >= 0.6 is 23.2 Å². The molecule has 1 amide bonds. The van der Waals surface area contributed by atoms with E-state index in [0.717, 1.165) is 0 Å². The van der Waals surface area contributed by atoms with E-state index in [-0.39, 0.29) is 33.8 Å². The van der Waals surface area contributed by atoms with E-state index in [9.17, 15) is 9.18 Å². The minimum Gasteiger partial charge on any atom is -0.486 e. The molecule has 2 aliphatic heterocycles. The minimum absolute atomic E-state index is 0.0819. The van der Waals surface area contributed by atoms with E-state index in [1.807, 2.05) is 0 Å². The van der Waals surface area contributed by atoms with Crippen LogP contribution in [0.3, 0.4) is 0 Å². The molecule has 0 unspecified atom stereocenters. The summed E-state index contributed by atoms with van der Waals surface area (Å²) in [4.78, 5) is 22.3. The molecule has 3 aromatic rings. The van der Waals surface area contributed by atoms with Gasteiger partial charge in [0.25, 0.3) is 0 Å². The lowest BCUT2D eigenvalue weighted by molar-refractivity contribution is -0.127. The summed E-state index contributed by atoms with van der Waals surface area (Å²) < 4.78 is 32.4. The molecule has 36 heavy (non-hydrogen) atoms. The smallest absolute Gasteiger partial charge is 0.245 e. The summed E-state index contributed by atoms with van der Waals surface area (Å²) in [7, 11) is 0. The number of nitrogens with zero attached hydrogens (tertiary/aromatic N) is 3. The number of carbonyl (C=O) groups excluding carboxylic acids is 1. The molecule has 0 aliphatic carbocycles. The van der Waals surface area contributed by atoms with Crippen molar-refractivity contribution in [3.05, 3.63) is 59.1 Å². The zero-order valence-electron chi connectivity index (χ0n) is 19.2. The molecule has 0 radical (unpaired) electrons. The fourth-order valence-corrected chi connectivity index (χ4v) is 4.37. The summed E-state index contributed by atoms with van der Waals surface area (Å²) in [5.74, 6) is 0.641. The van der Waals surface area contributed by atoms with Gasteiger partial charge in [-0.25, -0.2) is 14.4 Å². The Labute approximate surface area is 217 Å². The van der Waals surface area contributed by atoms with Gasteiger partial charge in [0.1, 0.15) is 24.4 Å². The van der Waals surface area contributed by atoms with Crippen LogP contribution in [0.2, 0.25) is 10.0 Å². The number of piperidine rings is 1. The molecule has 2 aliphatic rings. The van der Waals surface area contributed by atoms with Crippen molar-refractivity contribution in [3.63, 3.8) is 0 Å². The number of amides is 1. The first-order chi connectivity index (χ1) is 17.4. The normalized spacial score (nSPS) is 16.5. The van der Waals surface area contributed by atoms with Gasteiger partial charge in [-0.15, -0.1) is 0 Å². The van der Waals surface area contributed by atoms with Crippen molar-refractivity contribution in [2.45, 2.75) is 25.0 Å². The third-order valence-electron chi connectivity index (χ3n) is 6.11. The third-order valence-corrected chi connectivity index (χ3v) is 6.89. The summed E-state index contributed by atoms with van der Waals surface area (Å²) in [5.41, 5.74) is 0.708. The van der Waals surface area contributed by atoms with Crippen LogP contribution in [0.4, 0.5) is 15.9 Å². The first-order valence-electron chi connectivity index (χ1n) is 11.4. The van der Waals surface area contributed by atoms with Gasteiger partial charge < -0.3 is 24.4 Å². The standard InChI is InChI=1S/C25H23Cl2FN4O4/c1-2-22(33)32-7-5-14(6-8-32)35-20-9-16-19(10-21(20)36-15-11-34-12-15)29-13-30-25(16)31-18-4-3-17(26)23(27)24(18)28/h2-4,9-10,13-15H,1,5-8,11-12H2,(H,29,30,31). The Kier molecular flexibility index (Phi) is 7.13. The number of carbonyl (C=O) groups is 1. The number of rotatable bonds is 7. The van der Waals surface area contributed by atoms with E-state index < -0.39 is 5.82 Å². The highest BCUT2D eigenvalue weighted by Crippen LogP contribution is 2.38. The summed E-state index contributed by atoms with van der Waals surface area (Å²) in [6, 6.07) is 6.55. The Hall–Kier alpha value is -3.14. The van der Waals surface area contributed by atoms with Crippen LogP contribution in [0.5, 0.6) is 11.5 Å². The number of halogens is 3. The van der Waals surface area contributed by atoms with Gasteiger partial charge in [0, 0.05) is 37.4 Å². The van der Waals surface area contributed by atoms with Crippen molar-refractivity contribution < 1.29 is 23.4 Å². The predicted octanol–water partition coefficient (Wildman–Crippen LogP) is 5.15. The molecular formula is C25H23Cl2FN4O4. The number of aromatic nitrogens is 2. The highest BCUT2D eigenvalue weighted by Gasteiger charge is 2.27. The highest BCUT2D eigenvalue weighted by molar-refractivity contribution is 6.42. The summed E-state index contributed by atoms with van der Waals surface area (Å²) >= 11 is 11.9. The summed E-state index contributed by atoms with van der Waals surface area (Å²) in [6.45, 7) is 5.68. The Morgan fingerprint density at radius 3 is 2.56 bits per heavy atom. The van der Waals surface area contributed by atoms with Crippen LogP contribution < -0.4 is 14.8 Å². The van der Waals surface area contributed by atoms with Crippen molar-refractivity contribution >= 4 is 51.5 Å². The number of hydrogen-bond acceptors (Lipinski definition) is 7. The second-order valence-electron chi connectivity index (χ2n) is 8.51. The fourth-order valence-electron chi connectivity index (χ4n) is 4.06. The monoisotopic (exact) mass is 532 g/mol. The second-order valence-corrected chi connectivity index (χ2v) is 9.30. The van der Waals surface area contributed by atoms with Crippen LogP contribution in [0.25, 0.3) is 10.9 Å². The molecule has 5 rings (SSSR count). The summed E-state index contributed by atoms with van der Waals surface area (Å²) in [6.07, 6.45) is 3.82. The average molecular weight is 533 g/mol. The Morgan fingerprint density at radius 2 is 1.86 bits per heavy atom. The molecule has 0 spiro atoms. The summed E-state index contributed by atoms with van der Waals surface area (Å²) in [5, 5.41) is 3.53. The SMILES string of the molecule is C=CC(=O)N1CCC(Oc2cc3c(Nc4ccc(Cl)c(Cl)c4F)ncnc3cc2OC2COC2)CC1. The Morgan fingerprint density at radius 1 is 1.14 bits per heavy atom. The number of anilines is 2. The quantitative estimate of drug-likeness (QED) is 0.332. The van der Waals surface area contributed by atoms with E-state index in [0.29, 0.717) is 67.4 Å². The van der Waals surface area contributed by atoms with Crippen molar-refractivity contribution in [2.24, 2.45) is 0 Å². The maximum atomic E-state index is 14.7. The number of nitrogens with one attached hydrogen (secondary N) is 1. The lowest BCUT2D eigenvalue weighted by Gasteiger charge is -2.32. The molecule has 3 heterocycles. The Bertz CT molecular complexity index is 1310. The lowest BCUT2D eigenvalue weighted by atomic mass is 10.1. The molecule has 2 fully saturated rings. The van der Waals surface area contributed by atoms with Crippen molar-refractivity contribution in [1.82, 2.24) is 14.9 Å². The van der Waals surface area contributed by atoms with Crippen molar-refractivity contribution in [2.75, 3.05) is 31.6 Å². The van der Waals surface area contributed by atoms with E-state index in [1.54, 1.807) is 17.0 Å². The number of fused-ring (bicyclic) bond motifs is 1. The molecule has 2 aromatic carbocycles. The number of likely N-dealkylation sites (tertiary alicyclic amines) is 1. The van der Waals surface area contributed by atoms with Crippen LogP contribution in [0.15, 0.2) is 43.2 Å². The maximum Gasteiger partial charge on any atom is 0.245 e. The third kappa shape index (κ3) is 5.04. The van der Waals surface area contributed by atoms with Gasteiger partial charge in [0.15, 0.2) is 17.3 Å². The lowest BCUT2D eigenvalue weighted by Crippen LogP contribution is -2.41. The van der Waals surface area contributed by atoms with Gasteiger partial charge in [-0.3, -0.25) is 4.79 Å². The van der Waals surface area contributed by atoms with Crippen LogP contribution in [0.1, 0.15) is 12.8 Å². The van der Waals surface area contributed by atoms with Gasteiger partial charge in [-0.1, -0.05) is 29.8 Å². The Balaban J connectivity index is 1.46. The molecular weight excluding hydrogens is 510 g/mol.